The minimum Gasteiger partial charge on any atom is -0.402 e. The van der Waals surface area contributed by atoms with E-state index in [1.165, 1.54) is 12.3 Å². The molecule has 27 heavy (non-hydrogen) atoms. The SMILES string of the molecule is CC(N)=CC(=O)C1=NCc2ccc(NC(=O)c3ncc(C#N)cc3C)cc21. The Bertz CT molecular complexity index is 1060. The van der Waals surface area contributed by atoms with Crippen LogP contribution in [0.3, 0.4) is 0 Å². The molecule has 2 heterocycles. The highest BCUT2D eigenvalue weighted by Crippen LogP contribution is 2.24. The molecule has 0 unspecified atom stereocenters. The molecule has 7 heteroatoms. The fourth-order valence-electron chi connectivity index (χ4n) is 2.81. The van der Waals surface area contributed by atoms with Crippen LogP contribution in [-0.4, -0.2) is 22.4 Å². The topological polar surface area (TPSA) is 121 Å². The number of ketones is 1. The lowest BCUT2D eigenvalue weighted by Gasteiger charge is -2.09. The number of fused-ring (bicyclic) bond motifs is 1. The van der Waals surface area contributed by atoms with Gasteiger partial charge in [0.2, 0.25) is 5.78 Å². The molecule has 134 valence electrons. The van der Waals surface area contributed by atoms with E-state index in [0.717, 1.165) is 5.56 Å². The summed E-state index contributed by atoms with van der Waals surface area (Å²) in [6, 6.07) is 8.89. The summed E-state index contributed by atoms with van der Waals surface area (Å²) >= 11 is 0. The molecular formula is C20H17N5O2. The van der Waals surface area contributed by atoms with Crippen LogP contribution in [0.25, 0.3) is 0 Å². The van der Waals surface area contributed by atoms with Crippen molar-refractivity contribution < 1.29 is 9.59 Å². The number of pyridine rings is 1. The zero-order valence-electron chi connectivity index (χ0n) is 14.9. The Morgan fingerprint density at radius 1 is 1.33 bits per heavy atom. The lowest BCUT2D eigenvalue weighted by molar-refractivity contribution is -0.108. The number of benzene rings is 1. The van der Waals surface area contributed by atoms with Gasteiger partial charge in [-0.25, -0.2) is 4.98 Å². The Kier molecular flexibility index (Phi) is 4.81. The summed E-state index contributed by atoms with van der Waals surface area (Å²) in [7, 11) is 0. The molecule has 1 aliphatic heterocycles. The highest BCUT2D eigenvalue weighted by molar-refractivity contribution is 6.50. The fraction of sp³-hybridized carbons (Fsp3) is 0.150. The van der Waals surface area contributed by atoms with Crippen LogP contribution in [0.15, 0.2) is 47.2 Å². The van der Waals surface area contributed by atoms with Crippen molar-refractivity contribution >= 4 is 23.1 Å². The third-order valence-electron chi connectivity index (χ3n) is 4.04. The number of carbonyl (C=O) groups excluding carboxylic acids is 2. The molecule has 2 aromatic rings. The highest BCUT2D eigenvalue weighted by Gasteiger charge is 2.22. The van der Waals surface area contributed by atoms with Crippen molar-refractivity contribution in [1.82, 2.24) is 4.98 Å². The Morgan fingerprint density at radius 3 is 2.78 bits per heavy atom. The van der Waals surface area contributed by atoms with Crippen molar-refractivity contribution in [3.63, 3.8) is 0 Å². The normalized spacial score (nSPS) is 12.8. The third-order valence-corrected chi connectivity index (χ3v) is 4.04. The largest absolute Gasteiger partial charge is 0.402 e. The summed E-state index contributed by atoms with van der Waals surface area (Å²) in [5, 5.41) is 11.7. The maximum atomic E-state index is 12.5. The van der Waals surface area contributed by atoms with Gasteiger partial charge in [-0.2, -0.15) is 5.26 Å². The first-order valence-electron chi connectivity index (χ1n) is 8.23. The van der Waals surface area contributed by atoms with E-state index >= 15 is 0 Å². The van der Waals surface area contributed by atoms with E-state index in [9.17, 15) is 9.59 Å². The van der Waals surface area contributed by atoms with Crippen LogP contribution < -0.4 is 11.1 Å². The van der Waals surface area contributed by atoms with E-state index in [1.807, 2.05) is 12.1 Å². The second kappa shape index (κ2) is 7.22. The summed E-state index contributed by atoms with van der Waals surface area (Å²) in [5.41, 5.74) is 9.67. The van der Waals surface area contributed by atoms with Crippen LogP contribution in [0, 0.1) is 18.3 Å². The number of aryl methyl sites for hydroxylation is 1. The van der Waals surface area contributed by atoms with Gasteiger partial charge >= 0.3 is 0 Å². The second-order valence-electron chi connectivity index (χ2n) is 6.24. The van der Waals surface area contributed by atoms with Gasteiger partial charge in [-0.15, -0.1) is 0 Å². The Morgan fingerprint density at radius 2 is 2.11 bits per heavy atom. The van der Waals surface area contributed by atoms with Crippen LogP contribution in [-0.2, 0) is 11.3 Å². The number of nitrogens with two attached hydrogens (primary N) is 1. The molecule has 0 saturated heterocycles. The number of carbonyl (C=O) groups is 2. The van der Waals surface area contributed by atoms with E-state index < -0.39 is 5.91 Å². The van der Waals surface area contributed by atoms with Crippen LogP contribution in [0.4, 0.5) is 5.69 Å². The first-order chi connectivity index (χ1) is 12.9. The molecule has 7 nitrogen and oxygen atoms in total. The summed E-state index contributed by atoms with van der Waals surface area (Å²) in [4.78, 5) is 33.1. The number of anilines is 1. The maximum Gasteiger partial charge on any atom is 0.274 e. The standard InChI is InChI=1S/C20H17N5O2/c1-11-5-13(8-21)9-23-18(11)20(27)25-15-4-3-14-10-24-19(16(14)7-15)17(26)6-12(2)22/h3-7,9H,10,22H2,1-2H3,(H,25,27). The third kappa shape index (κ3) is 3.75. The molecule has 0 spiro atoms. The minimum atomic E-state index is -0.391. The van der Waals surface area contributed by atoms with Crippen LogP contribution in [0.5, 0.6) is 0 Å². The van der Waals surface area contributed by atoms with Crippen molar-refractivity contribution in [3.8, 4) is 6.07 Å². The Hall–Kier alpha value is -3.79. The van der Waals surface area contributed by atoms with Crippen molar-refractivity contribution in [2.24, 2.45) is 10.7 Å². The quantitative estimate of drug-likeness (QED) is 0.811. The van der Waals surface area contributed by atoms with E-state index in [4.69, 9.17) is 11.0 Å². The average Bonchev–Trinajstić information content (AvgIpc) is 3.04. The summed E-state index contributed by atoms with van der Waals surface area (Å²) in [6.45, 7) is 3.77. The number of aromatic nitrogens is 1. The predicted molar refractivity (Wildman–Crippen MR) is 101 cm³/mol. The van der Waals surface area contributed by atoms with E-state index in [-0.39, 0.29) is 11.5 Å². The van der Waals surface area contributed by atoms with Crippen LogP contribution in [0.1, 0.15) is 39.7 Å². The lowest BCUT2D eigenvalue weighted by atomic mass is 10.0. The number of hydrogen-bond donors (Lipinski definition) is 2. The number of nitrogens with one attached hydrogen (secondary N) is 1. The lowest BCUT2D eigenvalue weighted by Crippen LogP contribution is -2.17. The number of hydrogen-bond acceptors (Lipinski definition) is 6. The number of aliphatic imine (C=N–C) groups is 1. The average molecular weight is 359 g/mol. The number of amides is 1. The highest BCUT2D eigenvalue weighted by atomic mass is 16.2. The summed E-state index contributed by atoms with van der Waals surface area (Å²) < 4.78 is 0. The number of nitrogens with zero attached hydrogens (tertiary/aromatic N) is 3. The van der Waals surface area contributed by atoms with E-state index in [2.05, 4.69) is 15.3 Å². The van der Waals surface area contributed by atoms with Gasteiger partial charge in [-0.1, -0.05) is 6.07 Å². The first kappa shape index (κ1) is 18.0. The zero-order chi connectivity index (χ0) is 19.6. The molecule has 3 N–H and O–H groups in total. The fourth-order valence-corrected chi connectivity index (χ4v) is 2.81. The zero-order valence-corrected chi connectivity index (χ0v) is 14.9. The Labute approximate surface area is 156 Å². The minimum absolute atomic E-state index is 0.237. The molecule has 1 amide bonds. The summed E-state index contributed by atoms with van der Waals surface area (Å²) in [6.07, 6.45) is 2.69. The first-order valence-corrected chi connectivity index (χ1v) is 8.23. The van der Waals surface area contributed by atoms with Gasteiger partial charge in [0, 0.05) is 29.2 Å². The van der Waals surface area contributed by atoms with Crippen LogP contribution in [0.2, 0.25) is 0 Å². The maximum absolute atomic E-state index is 12.5. The van der Waals surface area contributed by atoms with Crippen molar-refractivity contribution in [2.45, 2.75) is 20.4 Å². The number of rotatable bonds is 4. The molecule has 3 rings (SSSR count). The monoisotopic (exact) mass is 359 g/mol. The van der Waals surface area contributed by atoms with Gasteiger partial charge < -0.3 is 11.1 Å². The van der Waals surface area contributed by atoms with Crippen molar-refractivity contribution in [1.29, 1.82) is 5.26 Å². The van der Waals surface area contributed by atoms with Crippen LogP contribution >= 0.6 is 0 Å². The predicted octanol–water partition coefficient (Wildman–Crippen LogP) is 2.25. The van der Waals surface area contributed by atoms with Crippen molar-refractivity contribution in [3.05, 3.63) is 70.2 Å². The Balaban J connectivity index is 1.85. The molecule has 0 atom stereocenters. The smallest absolute Gasteiger partial charge is 0.274 e. The number of allylic oxidation sites excluding steroid dienone is 2. The molecule has 0 aliphatic carbocycles. The molecule has 0 saturated carbocycles. The van der Waals surface area contributed by atoms with Gasteiger partial charge in [0.25, 0.3) is 5.91 Å². The molecule has 0 bridgehead atoms. The van der Waals surface area contributed by atoms with Gasteiger partial charge in [0.15, 0.2) is 0 Å². The van der Waals surface area contributed by atoms with Gasteiger partial charge in [0.1, 0.15) is 17.5 Å². The second-order valence-corrected chi connectivity index (χ2v) is 6.24. The van der Waals surface area contributed by atoms with Gasteiger partial charge in [-0.3, -0.25) is 14.6 Å². The summed E-state index contributed by atoms with van der Waals surface area (Å²) in [5.74, 6) is -0.653. The molecule has 0 radical (unpaired) electrons. The van der Waals surface area contributed by atoms with Gasteiger partial charge in [0.05, 0.1) is 12.1 Å². The van der Waals surface area contributed by atoms with E-state index in [1.54, 1.807) is 32.0 Å². The van der Waals surface area contributed by atoms with Crippen molar-refractivity contribution in [2.75, 3.05) is 5.32 Å². The molecule has 1 aliphatic rings. The molecule has 1 aromatic heterocycles. The molecule has 0 fully saturated rings. The molecular weight excluding hydrogens is 342 g/mol. The molecule has 1 aromatic carbocycles. The van der Waals surface area contributed by atoms with Gasteiger partial charge in [-0.05, 0) is 43.2 Å². The van der Waals surface area contributed by atoms with E-state index in [0.29, 0.717) is 40.3 Å². The number of nitriles is 1.